The monoisotopic (exact) mass is 274 g/mol. The largest absolute Gasteiger partial charge is 0.353 e. The first kappa shape index (κ1) is 15.8. The lowest BCUT2D eigenvalue weighted by atomic mass is 9.78. The van der Waals surface area contributed by atoms with Crippen LogP contribution in [0.2, 0.25) is 0 Å². The molecule has 3 nitrogen and oxygen atoms in total. The second-order valence-electron chi connectivity index (χ2n) is 5.64. The molecular formula is C14H27ClN2O. The van der Waals surface area contributed by atoms with Gasteiger partial charge in [0.2, 0.25) is 5.91 Å². The van der Waals surface area contributed by atoms with Crippen molar-refractivity contribution in [2.75, 3.05) is 13.1 Å². The van der Waals surface area contributed by atoms with Gasteiger partial charge in [0, 0.05) is 12.6 Å². The molecule has 1 aliphatic heterocycles. The smallest absolute Gasteiger partial charge is 0.224 e. The lowest BCUT2D eigenvalue weighted by Crippen LogP contribution is -2.45. The van der Waals surface area contributed by atoms with Crippen LogP contribution >= 0.6 is 12.4 Å². The molecule has 1 saturated carbocycles. The Morgan fingerprint density at radius 2 is 2.17 bits per heavy atom. The van der Waals surface area contributed by atoms with E-state index in [0.29, 0.717) is 11.9 Å². The zero-order valence-corrected chi connectivity index (χ0v) is 12.2. The third-order valence-corrected chi connectivity index (χ3v) is 4.35. The van der Waals surface area contributed by atoms with Gasteiger partial charge in [-0.25, -0.2) is 0 Å². The summed E-state index contributed by atoms with van der Waals surface area (Å²) in [6, 6.07) is 0.455. The Hall–Kier alpha value is -0.280. The lowest BCUT2D eigenvalue weighted by Gasteiger charge is -2.35. The van der Waals surface area contributed by atoms with Crippen LogP contribution in [0.15, 0.2) is 0 Å². The number of carbonyl (C=O) groups is 1. The molecular weight excluding hydrogens is 248 g/mol. The standard InChI is InChI=1S/C14H26N2O.ClH/c1-2-3-7-13(11-5-4-6-11)16-14(17)12-8-9-15-10-12;/h11-13,15H,2-10H2,1H3,(H,16,17);1H. The average Bonchev–Trinajstić information content (AvgIpc) is 2.76. The van der Waals surface area contributed by atoms with Crippen LogP contribution in [0, 0.1) is 11.8 Å². The van der Waals surface area contributed by atoms with Gasteiger partial charge in [0.15, 0.2) is 0 Å². The molecule has 2 N–H and O–H groups in total. The van der Waals surface area contributed by atoms with E-state index in [9.17, 15) is 4.79 Å². The molecule has 0 radical (unpaired) electrons. The van der Waals surface area contributed by atoms with Crippen molar-refractivity contribution in [1.29, 1.82) is 0 Å². The molecule has 18 heavy (non-hydrogen) atoms. The van der Waals surface area contributed by atoms with Crippen LogP contribution < -0.4 is 10.6 Å². The first-order valence-electron chi connectivity index (χ1n) is 7.32. The molecule has 2 aliphatic rings. The molecule has 2 atom stereocenters. The molecule has 2 fully saturated rings. The SMILES string of the molecule is CCCCC(NC(=O)C1CCNC1)C1CCC1.Cl. The van der Waals surface area contributed by atoms with E-state index in [2.05, 4.69) is 17.6 Å². The highest BCUT2D eigenvalue weighted by Gasteiger charge is 2.30. The van der Waals surface area contributed by atoms with Crippen LogP contribution in [0.1, 0.15) is 51.9 Å². The number of amides is 1. The topological polar surface area (TPSA) is 41.1 Å². The Morgan fingerprint density at radius 1 is 1.39 bits per heavy atom. The van der Waals surface area contributed by atoms with Gasteiger partial charge in [-0.3, -0.25) is 4.79 Å². The van der Waals surface area contributed by atoms with Gasteiger partial charge >= 0.3 is 0 Å². The Kier molecular flexibility index (Phi) is 7.02. The van der Waals surface area contributed by atoms with Crippen LogP contribution in [0.3, 0.4) is 0 Å². The normalized spacial score (nSPS) is 25.1. The molecule has 106 valence electrons. The van der Waals surface area contributed by atoms with Crippen LogP contribution in [0.4, 0.5) is 0 Å². The minimum Gasteiger partial charge on any atom is -0.353 e. The number of rotatable bonds is 6. The molecule has 0 spiro atoms. The van der Waals surface area contributed by atoms with E-state index in [4.69, 9.17) is 0 Å². The number of unbranched alkanes of at least 4 members (excludes halogenated alkanes) is 1. The molecule has 0 aromatic rings. The van der Waals surface area contributed by atoms with Crippen LogP contribution in [-0.2, 0) is 4.79 Å². The summed E-state index contributed by atoms with van der Waals surface area (Å²) >= 11 is 0. The molecule has 0 bridgehead atoms. The summed E-state index contributed by atoms with van der Waals surface area (Å²) in [5.74, 6) is 1.28. The van der Waals surface area contributed by atoms with Crippen molar-refractivity contribution in [3.05, 3.63) is 0 Å². The molecule has 0 aromatic carbocycles. The number of carbonyl (C=O) groups excluding carboxylic acids is 1. The maximum Gasteiger partial charge on any atom is 0.224 e. The minimum absolute atomic E-state index is 0. The van der Waals surface area contributed by atoms with Crippen molar-refractivity contribution < 1.29 is 4.79 Å². The lowest BCUT2D eigenvalue weighted by molar-refractivity contribution is -0.125. The van der Waals surface area contributed by atoms with Gasteiger partial charge < -0.3 is 10.6 Å². The molecule has 1 heterocycles. The van der Waals surface area contributed by atoms with Crippen molar-refractivity contribution in [3.63, 3.8) is 0 Å². The predicted octanol–water partition coefficient (Wildman–Crippen LogP) is 2.49. The quantitative estimate of drug-likeness (QED) is 0.781. The highest BCUT2D eigenvalue weighted by molar-refractivity contribution is 5.85. The van der Waals surface area contributed by atoms with Crippen LogP contribution in [-0.4, -0.2) is 25.0 Å². The third-order valence-electron chi connectivity index (χ3n) is 4.35. The maximum absolute atomic E-state index is 12.1. The molecule has 1 amide bonds. The summed E-state index contributed by atoms with van der Waals surface area (Å²) in [7, 11) is 0. The number of halogens is 1. The van der Waals surface area contributed by atoms with Crippen LogP contribution in [0.25, 0.3) is 0 Å². The van der Waals surface area contributed by atoms with E-state index in [0.717, 1.165) is 25.4 Å². The van der Waals surface area contributed by atoms with E-state index in [-0.39, 0.29) is 18.3 Å². The Bertz CT molecular complexity index is 250. The van der Waals surface area contributed by atoms with Crippen molar-refractivity contribution in [1.82, 2.24) is 10.6 Å². The fraction of sp³-hybridized carbons (Fsp3) is 0.929. The predicted molar refractivity (Wildman–Crippen MR) is 77.0 cm³/mol. The average molecular weight is 275 g/mol. The van der Waals surface area contributed by atoms with Gasteiger partial charge in [0.05, 0.1) is 5.92 Å². The fourth-order valence-corrected chi connectivity index (χ4v) is 2.87. The molecule has 0 aromatic heterocycles. The highest BCUT2D eigenvalue weighted by Crippen LogP contribution is 2.31. The summed E-state index contributed by atoms with van der Waals surface area (Å²) in [4.78, 5) is 12.1. The Balaban J connectivity index is 0.00000162. The zero-order chi connectivity index (χ0) is 12.1. The zero-order valence-electron chi connectivity index (χ0n) is 11.4. The number of hydrogen-bond acceptors (Lipinski definition) is 2. The van der Waals surface area contributed by atoms with Gasteiger partial charge in [0.25, 0.3) is 0 Å². The van der Waals surface area contributed by atoms with Gasteiger partial charge in [-0.15, -0.1) is 12.4 Å². The van der Waals surface area contributed by atoms with Crippen molar-refractivity contribution in [2.45, 2.75) is 57.9 Å². The summed E-state index contributed by atoms with van der Waals surface area (Å²) in [5.41, 5.74) is 0. The van der Waals surface area contributed by atoms with E-state index in [1.54, 1.807) is 0 Å². The second-order valence-corrected chi connectivity index (χ2v) is 5.64. The van der Waals surface area contributed by atoms with E-state index in [1.807, 2.05) is 0 Å². The summed E-state index contributed by atoms with van der Waals surface area (Å²) < 4.78 is 0. The van der Waals surface area contributed by atoms with Crippen molar-refractivity contribution in [3.8, 4) is 0 Å². The maximum atomic E-state index is 12.1. The highest BCUT2D eigenvalue weighted by atomic mass is 35.5. The molecule has 4 heteroatoms. The Morgan fingerprint density at radius 3 is 2.67 bits per heavy atom. The summed E-state index contributed by atoms with van der Waals surface area (Å²) in [6.07, 6.45) is 8.64. The van der Waals surface area contributed by atoms with Crippen molar-refractivity contribution >= 4 is 18.3 Å². The van der Waals surface area contributed by atoms with E-state index < -0.39 is 0 Å². The first-order chi connectivity index (χ1) is 8.31. The van der Waals surface area contributed by atoms with Gasteiger partial charge in [0.1, 0.15) is 0 Å². The number of nitrogens with one attached hydrogen (secondary N) is 2. The molecule has 2 unspecified atom stereocenters. The number of hydrogen-bond donors (Lipinski definition) is 2. The van der Waals surface area contributed by atoms with Gasteiger partial charge in [-0.2, -0.15) is 0 Å². The molecule has 1 aliphatic carbocycles. The first-order valence-corrected chi connectivity index (χ1v) is 7.32. The minimum atomic E-state index is 0. The molecule has 2 rings (SSSR count). The van der Waals surface area contributed by atoms with Gasteiger partial charge in [-0.05, 0) is 38.1 Å². The van der Waals surface area contributed by atoms with E-state index in [1.165, 1.54) is 38.5 Å². The summed E-state index contributed by atoms with van der Waals surface area (Å²) in [5, 5.41) is 6.58. The van der Waals surface area contributed by atoms with Gasteiger partial charge in [-0.1, -0.05) is 26.2 Å². The fourth-order valence-electron chi connectivity index (χ4n) is 2.87. The van der Waals surface area contributed by atoms with Crippen LogP contribution in [0.5, 0.6) is 0 Å². The Labute approximate surface area is 117 Å². The van der Waals surface area contributed by atoms with Crippen molar-refractivity contribution in [2.24, 2.45) is 11.8 Å². The third kappa shape index (κ3) is 4.13. The second kappa shape index (κ2) is 8.00. The summed E-state index contributed by atoms with van der Waals surface area (Å²) in [6.45, 7) is 4.10. The van der Waals surface area contributed by atoms with E-state index >= 15 is 0 Å². The molecule has 1 saturated heterocycles.